The predicted molar refractivity (Wildman–Crippen MR) is 119 cm³/mol. The third-order valence-electron chi connectivity index (χ3n) is 4.63. The summed E-state index contributed by atoms with van der Waals surface area (Å²) in [6, 6.07) is 15.6. The molecule has 2 N–H and O–H groups in total. The average molecular weight is 470 g/mol. The van der Waals surface area contributed by atoms with Crippen molar-refractivity contribution in [3.63, 3.8) is 0 Å². The third kappa shape index (κ3) is 5.28. The van der Waals surface area contributed by atoms with Crippen LogP contribution in [0.25, 0.3) is 0 Å². The molecule has 3 rings (SSSR count). The Hall–Kier alpha value is -2.56. The lowest BCUT2D eigenvalue weighted by Crippen LogP contribution is -2.31. The van der Waals surface area contributed by atoms with Crippen molar-refractivity contribution >= 4 is 45.2 Å². The van der Waals surface area contributed by atoms with Crippen LogP contribution in [0.15, 0.2) is 57.5 Å². The van der Waals surface area contributed by atoms with E-state index in [0.29, 0.717) is 16.3 Å². The molecule has 1 aliphatic rings. The molecule has 1 atom stereocenters. The molecule has 0 saturated heterocycles. The number of halogens is 1. The Morgan fingerprint density at radius 2 is 2.00 bits per heavy atom. The zero-order valence-corrected chi connectivity index (χ0v) is 18.5. The summed E-state index contributed by atoms with van der Waals surface area (Å²) in [5.41, 5.74) is 4.26. The summed E-state index contributed by atoms with van der Waals surface area (Å²) in [7, 11) is 0. The van der Waals surface area contributed by atoms with Crippen molar-refractivity contribution in [2.75, 3.05) is 11.1 Å². The molecule has 0 aromatic heterocycles. The van der Waals surface area contributed by atoms with Gasteiger partial charge in [0.25, 0.3) is 0 Å². The van der Waals surface area contributed by atoms with Crippen LogP contribution >= 0.6 is 27.7 Å². The quantitative estimate of drug-likeness (QED) is 0.659. The van der Waals surface area contributed by atoms with Crippen molar-refractivity contribution in [3.8, 4) is 6.07 Å². The molecule has 0 aliphatic carbocycles. The van der Waals surface area contributed by atoms with Crippen molar-refractivity contribution in [3.05, 3.63) is 74.2 Å². The minimum atomic E-state index is -0.297. The zero-order valence-electron chi connectivity index (χ0n) is 16.1. The lowest BCUT2D eigenvalue weighted by molar-refractivity contribution is -0.121. The van der Waals surface area contributed by atoms with Gasteiger partial charge in [-0.3, -0.25) is 9.59 Å². The summed E-state index contributed by atoms with van der Waals surface area (Å²) in [4.78, 5) is 24.6. The maximum Gasteiger partial charge on any atom is 0.234 e. The normalized spacial score (nSPS) is 16.2. The number of thioether (sulfide) groups is 1. The van der Waals surface area contributed by atoms with E-state index in [1.807, 2.05) is 56.3 Å². The number of hydrogen-bond acceptors (Lipinski definition) is 4. The molecule has 1 aliphatic heterocycles. The highest BCUT2D eigenvalue weighted by molar-refractivity contribution is 9.10. The molecule has 2 aromatic rings. The molecule has 5 nitrogen and oxygen atoms in total. The Kier molecular flexibility index (Phi) is 6.78. The molecule has 29 heavy (non-hydrogen) atoms. The Balaban J connectivity index is 1.74. The number of aryl methyl sites for hydroxylation is 2. The van der Waals surface area contributed by atoms with Crippen molar-refractivity contribution in [1.29, 1.82) is 5.26 Å². The Labute approximate surface area is 182 Å². The SMILES string of the molecule is Cc1ccc([C@@H]2CC(=O)NC(SCC(=O)Nc3ccc(Br)c(C)c3)=C2C#N)cc1. The Morgan fingerprint density at radius 3 is 2.66 bits per heavy atom. The third-order valence-corrected chi connectivity index (χ3v) is 6.53. The van der Waals surface area contributed by atoms with E-state index < -0.39 is 0 Å². The van der Waals surface area contributed by atoms with E-state index in [2.05, 4.69) is 32.6 Å². The molecule has 2 amide bonds. The first-order chi connectivity index (χ1) is 13.9. The van der Waals surface area contributed by atoms with Gasteiger partial charge < -0.3 is 10.6 Å². The number of nitrogens with one attached hydrogen (secondary N) is 2. The minimum absolute atomic E-state index is 0.0938. The Bertz CT molecular complexity index is 1030. The highest BCUT2D eigenvalue weighted by Gasteiger charge is 2.29. The predicted octanol–water partition coefficient (Wildman–Crippen LogP) is 4.78. The van der Waals surface area contributed by atoms with Gasteiger partial charge in [-0.2, -0.15) is 5.26 Å². The number of allylic oxidation sites excluding steroid dienone is 1. The first-order valence-electron chi connectivity index (χ1n) is 9.07. The number of hydrogen-bond donors (Lipinski definition) is 2. The molecule has 7 heteroatoms. The van der Waals surface area contributed by atoms with E-state index in [4.69, 9.17) is 0 Å². The van der Waals surface area contributed by atoms with E-state index >= 15 is 0 Å². The fourth-order valence-corrected chi connectivity index (χ4v) is 4.20. The number of rotatable bonds is 5. The summed E-state index contributed by atoms with van der Waals surface area (Å²) in [5, 5.41) is 15.8. The van der Waals surface area contributed by atoms with E-state index in [1.165, 1.54) is 11.8 Å². The van der Waals surface area contributed by atoms with Gasteiger partial charge in [-0.15, -0.1) is 0 Å². The van der Waals surface area contributed by atoms with Gasteiger partial charge in [0.15, 0.2) is 0 Å². The van der Waals surface area contributed by atoms with Crippen LogP contribution in [0, 0.1) is 25.2 Å². The summed E-state index contributed by atoms with van der Waals surface area (Å²) >= 11 is 4.61. The van der Waals surface area contributed by atoms with Crippen LogP contribution in [0.4, 0.5) is 5.69 Å². The van der Waals surface area contributed by atoms with Gasteiger partial charge in [-0.25, -0.2) is 0 Å². The molecule has 0 radical (unpaired) electrons. The van der Waals surface area contributed by atoms with Gasteiger partial charge in [0.2, 0.25) is 11.8 Å². The average Bonchev–Trinajstić information content (AvgIpc) is 2.69. The molecular weight excluding hydrogens is 450 g/mol. The molecule has 0 fully saturated rings. The summed E-state index contributed by atoms with van der Waals surface area (Å²) in [6.07, 6.45) is 0.223. The fraction of sp³-hybridized carbons (Fsp3) is 0.227. The van der Waals surface area contributed by atoms with E-state index in [0.717, 1.165) is 21.2 Å². The molecular formula is C22H20BrN3O2S. The number of anilines is 1. The van der Waals surface area contributed by atoms with Crippen LogP contribution in [0.2, 0.25) is 0 Å². The highest BCUT2D eigenvalue weighted by Crippen LogP contribution is 2.36. The largest absolute Gasteiger partial charge is 0.325 e. The van der Waals surface area contributed by atoms with Crippen LogP contribution in [0.1, 0.15) is 29.0 Å². The number of carbonyl (C=O) groups is 2. The van der Waals surface area contributed by atoms with Crippen molar-refractivity contribution < 1.29 is 9.59 Å². The second kappa shape index (κ2) is 9.29. The number of nitrogens with zero attached hydrogens (tertiary/aromatic N) is 1. The van der Waals surface area contributed by atoms with E-state index in [1.54, 1.807) is 0 Å². The number of carbonyl (C=O) groups excluding carboxylic acids is 2. The van der Waals surface area contributed by atoms with Crippen molar-refractivity contribution in [2.24, 2.45) is 0 Å². The van der Waals surface area contributed by atoms with Gasteiger partial charge in [0.05, 0.1) is 22.4 Å². The molecule has 2 aromatic carbocycles. The molecule has 0 bridgehead atoms. The van der Waals surface area contributed by atoms with Crippen LogP contribution in [0.3, 0.4) is 0 Å². The monoisotopic (exact) mass is 469 g/mol. The standard InChI is InChI=1S/C22H20BrN3O2S/c1-13-3-5-15(6-4-13)17-10-20(27)26-22(18(17)11-24)29-12-21(28)25-16-7-8-19(23)14(2)9-16/h3-9,17H,10,12H2,1-2H3,(H,25,28)(H,26,27)/t17-/m0/s1. The molecule has 0 unspecified atom stereocenters. The molecule has 148 valence electrons. The first-order valence-corrected chi connectivity index (χ1v) is 10.8. The lowest BCUT2D eigenvalue weighted by atomic mass is 9.87. The smallest absolute Gasteiger partial charge is 0.234 e. The summed E-state index contributed by atoms with van der Waals surface area (Å²) in [5.74, 6) is -0.556. The van der Waals surface area contributed by atoms with Crippen molar-refractivity contribution in [2.45, 2.75) is 26.2 Å². The van der Waals surface area contributed by atoms with Crippen molar-refractivity contribution in [1.82, 2.24) is 5.32 Å². The maximum absolute atomic E-state index is 12.4. The summed E-state index contributed by atoms with van der Waals surface area (Å²) in [6.45, 7) is 3.94. The van der Waals surface area contributed by atoms with Gasteiger partial charge >= 0.3 is 0 Å². The number of nitriles is 1. The van der Waals surface area contributed by atoms with Gasteiger partial charge in [-0.05, 0) is 43.2 Å². The highest BCUT2D eigenvalue weighted by atomic mass is 79.9. The molecule has 0 spiro atoms. The van der Waals surface area contributed by atoms with Crippen LogP contribution in [-0.2, 0) is 9.59 Å². The van der Waals surface area contributed by atoms with E-state index in [9.17, 15) is 14.9 Å². The maximum atomic E-state index is 12.4. The molecule has 0 saturated carbocycles. The Morgan fingerprint density at radius 1 is 1.28 bits per heavy atom. The van der Waals surface area contributed by atoms with Gasteiger partial charge in [-0.1, -0.05) is 57.5 Å². The second-order valence-electron chi connectivity index (χ2n) is 6.87. The van der Waals surface area contributed by atoms with Crippen LogP contribution in [0.5, 0.6) is 0 Å². The minimum Gasteiger partial charge on any atom is -0.325 e. The van der Waals surface area contributed by atoms with Gasteiger partial charge in [0.1, 0.15) is 0 Å². The molecule has 1 heterocycles. The van der Waals surface area contributed by atoms with Gasteiger partial charge in [0, 0.05) is 22.5 Å². The topological polar surface area (TPSA) is 82.0 Å². The number of amides is 2. The first kappa shape index (κ1) is 21.2. The van der Waals surface area contributed by atoms with E-state index in [-0.39, 0.29) is 29.9 Å². The van der Waals surface area contributed by atoms with Crippen LogP contribution in [-0.4, -0.2) is 17.6 Å². The summed E-state index contributed by atoms with van der Waals surface area (Å²) < 4.78 is 0.973. The van der Waals surface area contributed by atoms with Crippen LogP contribution < -0.4 is 10.6 Å². The lowest BCUT2D eigenvalue weighted by Gasteiger charge is -2.25. The zero-order chi connectivity index (χ0) is 21.0. The fourth-order valence-electron chi connectivity index (χ4n) is 3.07. The second-order valence-corrected chi connectivity index (χ2v) is 8.71. The number of benzene rings is 2.